The topological polar surface area (TPSA) is 21.3 Å². The van der Waals surface area contributed by atoms with Crippen LogP contribution in [0.25, 0.3) is 0 Å². The van der Waals surface area contributed by atoms with Gasteiger partial charge in [0.1, 0.15) is 1.41 Å². The van der Waals surface area contributed by atoms with Gasteiger partial charge in [-0.15, -0.1) is 0 Å². The molecule has 0 aromatic heterocycles. The molecule has 0 aromatic carbocycles. The van der Waals surface area contributed by atoms with Crippen molar-refractivity contribution in [1.82, 2.24) is 5.31 Å². The molecule has 1 rings (SSSR count). The van der Waals surface area contributed by atoms with Crippen molar-refractivity contribution in [1.29, 1.82) is 0 Å². The van der Waals surface area contributed by atoms with E-state index in [1.54, 1.807) is 5.31 Å². The van der Waals surface area contributed by atoms with Gasteiger partial charge in [-0.05, 0) is 6.92 Å². The van der Waals surface area contributed by atoms with Crippen LogP contribution >= 0.6 is 0 Å². The standard InChI is InChI=1S/C5H11NO/c1-5-4-7-3-2-6-5/h5-6H,2-4H2,1H3/t5-/m1/s1/i/hD. The van der Waals surface area contributed by atoms with E-state index in [-0.39, 0.29) is 6.04 Å². The van der Waals surface area contributed by atoms with E-state index in [0.29, 0.717) is 13.2 Å². The molecule has 1 aliphatic rings. The van der Waals surface area contributed by atoms with Crippen molar-refractivity contribution < 1.29 is 6.15 Å². The van der Waals surface area contributed by atoms with E-state index in [4.69, 9.17) is 6.15 Å². The van der Waals surface area contributed by atoms with Crippen LogP contribution in [0.3, 0.4) is 0 Å². The van der Waals surface area contributed by atoms with Crippen LogP contribution < -0.4 is 5.31 Å². The summed E-state index contributed by atoms with van der Waals surface area (Å²) in [6.45, 7) is 4.17. The molecule has 0 amide bonds. The molecule has 2 nitrogen and oxygen atoms in total. The Morgan fingerprint density at radius 2 is 2.86 bits per heavy atom. The molecule has 0 radical (unpaired) electrons. The molecule has 1 aliphatic heterocycles. The lowest BCUT2D eigenvalue weighted by molar-refractivity contribution is 0.0824. The summed E-state index contributed by atoms with van der Waals surface area (Å²) in [6, 6.07) is 0.281. The quantitative estimate of drug-likeness (QED) is 0.464. The van der Waals surface area contributed by atoms with Crippen molar-refractivity contribution in [2.45, 2.75) is 13.0 Å². The monoisotopic (exact) mass is 102 g/mol. The van der Waals surface area contributed by atoms with E-state index in [1.807, 2.05) is 6.92 Å². The van der Waals surface area contributed by atoms with Gasteiger partial charge in [0.15, 0.2) is 0 Å². The van der Waals surface area contributed by atoms with E-state index in [1.165, 1.54) is 0 Å². The van der Waals surface area contributed by atoms with Crippen LogP contribution in [0.1, 0.15) is 6.92 Å². The fourth-order valence-corrected chi connectivity index (χ4v) is 0.644. The van der Waals surface area contributed by atoms with Crippen LogP contribution in [0.2, 0.25) is 1.41 Å². The van der Waals surface area contributed by atoms with Crippen LogP contribution in [-0.2, 0) is 4.74 Å². The van der Waals surface area contributed by atoms with Crippen molar-refractivity contribution in [3.63, 3.8) is 0 Å². The zero-order valence-corrected chi connectivity index (χ0v) is 4.55. The first-order chi connectivity index (χ1) is 3.80. The molecule has 0 bridgehead atoms. The average molecular weight is 102 g/mol. The molecular formula is C5H11NO. The lowest BCUT2D eigenvalue weighted by Crippen LogP contribution is -2.38. The largest absolute Gasteiger partial charge is 0.379 e. The molecule has 0 unspecified atom stereocenters. The third kappa shape index (κ3) is 1.45. The first-order valence-corrected chi connectivity index (χ1v) is 2.64. The first kappa shape index (κ1) is 3.87. The second-order valence-electron chi connectivity index (χ2n) is 1.83. The van der Waals surface area contributed by atoms with Crippen LogP contribution in [-0.4, -0.2) is 25.8 Å². The molecule has 0 spiro atoms. The molecule has 0 aliphatic carbocycles. The Morgan fingerprint density at radius 3 is 3.29 bits per heavy atom. The highest BCUT2D eigenvalue weighted by Crippen LogP contribution is 1.88. The minimum absolute atomic E-state index is 0.281. The fraction of sp³-hybridized carbons (Fsp3) is 1.00. The zero-order chi connectivity index (χ0) is 5.98. The van der Waals surface area contributed by atoms with Gasteiger partial charge in [-0.2, -0.15) is 0 Å². The minimum atomic E-state index is 0.281. The molecular weight excluding hydrogens is 90.1 g/mol. The molecule has 1 heterocycles. The molecule has 1 saturated heterocycles. The van der Waals surface area contributed by atoms with Crippen LogP contribution in [0.15, 0.2) is 0 Å². The molecule has 0 saturated carbocycles. The molecule has 2 heteroatoms. The van der Waals surface area contributed by atoms with Gasteiger partial charge in [0.05, 0.1) is 13.2 Å². The number of nitrogens with one attached hydrogen (secondary N) is 1. The number of hydrogen-bond acceptors (Lipinski definition) is 2. The zero-order valence-electron chi connectivity index (χ0n) is 5.55. The summed E-state index contributed by atoms with van der Waals surface area (Å²) in [5.41, 5.74) is 0. The predicted octanol–water partition coefficient (Wildman–Crippen LogP) is -0.00530. The molecule has 42 valence electrons. The van der Waals surface area contributed by atoms with E-state index < -0.39 is 0 Å². The van der Waals surface area contributed by atoms with Crippen LogP contribution in [0, 0.1) is 0 Å². The van der Waals surface area contributed by atoms with Crippen LogP contribution in [0.5, 0.6) is 0 Å². The van der Waals surface area contributed by atoms with Gasteiger partial charge in [0.2, 0.25) is 0 Å². The van der Waals surface area contributed by atoms with Crippen molar-refractivity contribution >= 4 is 0 Å². The summed E-state index contributed by atoms with van der Waals surface area (Å²) in [5.74, 6) is 0. The van der Waals surface area contributed by atoms with Crippen molar-refractivity contribution in [3.8, 4) is 0 Å². The van der Waals surface area contributed by atoms with Gasteiger partial charge >= 0.3 is 0 Å². The minimum Gasteiger partial charge on any atom is -0.379 e. The van der Waals surface area contributed by atoms with Gasteiger partial charge < -0.3 is 10.0 Å². The van der Waals surface area contributed by atoms with Gasteiger partial charge in [-0.3, -0.25) is 0 Å². The summed E-state index contributed by atoms with van der Waals surface area (Å²) in [5, 5.41) is 1.56. The lowest BCUT2D eigenvalue weighted by Gasteiger charge is -2.19. The molecule has 1 fully saturated rings. The number of ether oxygens (including phenoxy) is 1. The van der Waals surface area contributed by atoms with E-state index in [9.17, 15) is 0 Å². The smallest absolute Gasteiger partial charge is 0.123 e. The number of hydrogen-bond donors (Lipinski definition) is 1. The van der Waals surface area contributed by atoms with Gasteiger partial charge in [-0.1, -0.05) is 0 Å². The SMILES string of the molecule is [2H]N1CCOC[C@H]1C. The fourth-order valence-electron chi connectivity index (χ4n) is 0.644. The summed E-state index contributed by atoms with van der Waals surface area (Å²) >= 11 is 0. The Morgan fingerprint density at radius 1 is 2.00 bits per heavy atom. The highest BCUT2D eigenvalue weighted by atomic mass is 16.5. The van der Waals surface area contributed by atoms with Gasteiger partial charge in [-0.25, -0.2) is 0 Å². The first-order valence-electron chi connectivity index (χ1n) is 3.08. The second kappa shape index (κ2) is 2.28. The number of rotatable bonds is 0. The maximum atomic E-state index is 7.23. The Kier molecular flexibility index (Phi) is 1.26. The maximum Gasteiger partial charge on any atom is 0.123 e. The Balaban J connectivity index is 2.28. The van der Waals surface area contributed by atoms with E-state index >= 15 is 0 Å². The van der Waals surface area contributed by atoms with E-state index in [2.05, 4.69) is 0 Å². The van der Waals surface area contributed by atoms with E-state index in [0.717, 1.165) is 6.54 Å². The summed E-state index contributed by atoms with van der Waals surface area (Å²) in [7, 11) is 0. The average Bonchev–Trinajstić information content (AvgIpc) is 1.77. The summed E-state index contributed by atoms with van der Waals surface area (Å²) in [6.07, 6.45) is 0. The lowest BCUT2D eigenvalue weighted by atomic mass is 10.3. The third-order valence-corrected chi connectivity index (χ3v) is 1.04. The van der Waals surface area contributed by atoms with Crippen molar-refractivity contribution in [3.05, 3.63) is 0 Å². The Bertz CT molecular complexity index is 68.8. The molecule has 7 heavy (non-hydrogen) atoms. The molecule has 1 N–H and O–H groups in total. The summed E-state index contributed by atoms with van der Waals surface area (Å²) < 4.78 is 12.3. The molecule has 0 aromatic rings. The highest BCUT2D eigenvalue weighted by Gasteiger charge is 2.04. The second-order valence-corrected chi connectivity index (χ2v) is 1.83. The Hall–Kier alpha value is -0.0800. The van der Waals surface area contributed by atoms with Crippen LogP contribution in [0.4, 0.5) is 0 Å². The maximum absolute atomic E-state index is 7.23. The summed E-state index contributed by atoms with van der Waals surface area (Å²) in [4.78, 5) is 0. The Labute approximate surface area is 45.3 Å². The predicted molar refractivity (Wildman–Crippen MR) is 28.3 cm³/mol. The normalized spacial score (nSPS) is 37.9. The van der Waals surface area contributed by atoms with Gasteiger partial charge in [0.25, 0.3) is 0 Å². The highest BCUT2D eigenvalue weighted by molar-refractivity contribution is 4.62. The molecule has 1 atom stereocenters. The number of morpholine rings is 1. The third-order valence-electron chi connectivity index (χ3n) is 1.04. The van der Waals surface area contributed by atoms with Crippen molar-refractivity contribution in [2.24, 2.45) is 0 Å². The van der Waals surface area contributed by atoms with Crippen molar-refractivity contribution in [2.75, 3.05) is 19.8 Å². The van der Waals surface area contributed by atoms with Gasteiger partial charge in [0, 0.05) is 12.6 Å².